The highest BCUT2D eigenvalue weighted by Crippen LogP contribution is 2.56. The second-order valence-corrected chi connectivity index (χ2v) is 9.69. The van der Waals surface area contributed by atoms with Gasteiger partial charge in [-0.2, -0.15) is 0 Å². The number of alkyl halides is 2. The van der Waals surface area contributed by atoms with Crippen molar-refractivity contribution in [2.24, 2.45) is 0 Å². The van der Waals surface area contributed by atoms with Gasteiger partial charge in [0.1, 0.15) is 12.3 Å². The molecule has 2 aliphatic rings. The van der Waals surface area contributed by atoms with Gasteiger partial charge in [-0.3, -0.25) is 0 Å². The topological polar surface area (TPSA) is 0 Å². The van der Waals surface area contributed by atoms with Crippen LogP contribution in [0.5, 0.6) is 0 Å². The van der Waals surface area contributed by atoms with E-state index in [2.05, 4.69) is 13.8 Å². The van der Waals surface area contributed by atoms with Crippen LogP contribution in [-0.2, 0) is 0 Å². The molecule has 4 atom stereocenters. The molecule has 2 aliphatic carbocycles. The summed E-state index contributed by atoms with van der Waals surface area (Å²) in [6, 6.07) is 0. The molecule has 118 valence electrons. The minimum absolute atomic E-state index is 0.0910. The van der Waals surface area contributed by atoms with Crippen LogP contribution in [-0.4, -0.2) is 21.8 Å². The Bertz CT molecular complexity index is 283. The quantitative estimate of drug-likeness (QED) is 0.531. The molecule has 0 heterocycles. The van der Waals surface area contributed by atoms with Gasteiger partial charge in [-0.25, -0.2) is 8.78 Å². The lowest BCUT2D eigenvalue weighted by Crippen LogP contribution is -2.35. The molecule has 0 aliphatic heterocycles. The molecule has 0 aromatic rings. The molecular formula is C16H28F2S2. The summed E-state index contributed by atoms with van der Waals surface area (Å²) < 4.78 is 27.8. The Morgan fingerprint density at radius 1 is 0.850 bits per heavy atom. The third-order valence-corrected chi connectivity index (χ3v) is 9.65. The molecular weight excluding hydrogens is 294 g/mol. The predicted octanol–water partition coefficient (Wildman–Crippen LogP) is 6.49. The summed E-state index contributed by atoms with van der Waals surface area (Å²) in [7, 11) is 3.78. The fraction of sp³-hybridized carbons (Fsp3) is 1.00. The molecule has 0 saturated heterocycles. The van der Waals surface area contributed by atoms with E-state index in [9.17, 15) is 8.78 Å². The monoisotopic (exact) mass is 322 g/mol. The van der Waals surface area contributed by atoms with Gasteiger partial charge in [0, 0.05) is 9.49 Å². The number of halogens is 2. The first-order valence-electron chi connectivity index (χ1n) is 8.18. The van der Waals surface area contributed by atoms with Gasteiger partial charge in [-0.05, 0) is 64.2 Å². The molecule has 0 radical (unpaired) electrons. The maximum Gasteiger partial charge on any atom is 0.101 e. The van der Waals surface area contributed by atoms with Gasteiger partial charge in [0.25, 0.3) is 0 Å². The minimum atomic E-state index is -0.630. The van der Waals surface area contributed by atoms with E-state index >= 15 is 0 Å². The second kappa shape index (κ2) is 7.21. The molecule has 20 heavy (non-hydrogen) atoms. The Balaban J connectivity index is 1.97. The van der Waals surface area contributed by atoms with E-state index in [0.29, 0.717) is 12.8 Å². The summed E-state index contributed by atoms with van der Waals surface area (Å²) in [6.07, 6.45) is 7.93. The van der Waals surface area contributed by atoms with E-state index < -0.39 is 12.3 Å². The molecule has 0 spiro atoms. The Morgan fingerprint density at radius 2 is 1.25 bits per heavy atom. The van der Waals surface area contributed by atoms with E-state index in [1.807, 2.05) is 21.6 Å². The highest BCUT2D eigenvalue weighted by molar-refractivity contribution is 8.77. The lowest BCUT2D eigenvalue weighted by molar-refractivity contribution is 0.212. The van der Waals surface area contributed by atoms with Crippen molar-refractivity contribution in [3.63, 3.8) is 0 Å². The van der Waals surface area contributed by atoms with Crippen molar-refractivity contribution >= 4 is 21.6 Å². The zero-order valence-corrected chi connectivity index (χ0v) is 14.4. The Labute approximate surface area is 130 Å². The van der Waals surface area contributed by atoms with Crippen molar-refractivity contribution in [2.75, 3.05) is 0 Å². The van der Waals surface area contributed by atoms with E-state index in [0.717, 1.165) is 51.4 Å². The van der Waals surface area contributed by atoms with Crippen molar-refractivity contribution in [1.29, 1.82) is 0 Å². The van der Waals surface area contributed by atoms with Gasteiger partial charge < -0.3 is 0 Å². The number of rotatable bonds is 5. The Hall–Kier alpha value is 0.560. The lowest BCUT2D eigenvalue weighted by Gasteiger charge is -2.42. The van der Waals surface area contributed by atoms with E-state index in [1.165, 1.54) is 0 Å². The summed E-state index contributed by atoms with van der Waals surface area (Å²) in [5.41, 5.74) is 0. The largest absolute Gasteiger partial charge is 0.247 e. The van der Waals surface area contributed by atoms with E-state index in [4.69, 9.17) is 0 Å². The molecule has 0 amide bonds. The zero-order chi connectivity index (χ0) is 14.6. The highest BCUT2D eigenvalue weighted by Gasteiger charge is 2.41. The van der Waals surface area contributed by atoms with Crippen LogP contribution in [0.25, 0.3) is 0 Å². The highest BCUT2D eigenvalue weighted by atomic mass is 33.1. The first kappa shape index (κ1) is 16.9. The van der Waals surface area contributed by atoms with Crippen LogP contribution in [0.2, 0.25) is 0 Å². The third kappa shape index (κ3) is 4.06. The normalized spacial score (nSPS) is 42.6. The van der Waals surface area contributed by atoms with Crippen LogP contribution in [0.15, 0.2) is 0 Å². The molecule has 2 saturated carbocycles. The van der Waals surface area contributed by atoms with Gasteiger partial charge >= 0.3 is 0 Å². The zero-order valence-electron chi connectivity index (χ0n) is 12.8. The smallest absolute Gasteiger partial charge is 0.101 e. The van der Waals surface area contributed by atoms with Crippen LogP contribution in [0.1, 0.15) is 78.1 Å². The molecule has 0 aromatic carbocycles. The molecule has 4 unspecified atom stereocenters. The molecule has 0 nitrogen and oxygen atoms in total. The summed E-state index contributed by atoms with van der Waals surface area (Å²) in [4.78, 5) is 0. The predicted molar refractivity (Wildman–Crippen MR) is 88.0 cm³/mol. The average Bonchev–Trinajstić information content (AvgIpc) is 2.45. The summed E-state index contributed by atoms with van der Waals surface area (Å²) in [6.45, 7) is 4.37. The Morgan fingerprint density at radius 3 is 1.55 bits per heavy atom. The van der Waals surface area contributed by atoms with Gasteiger partial charge in [0.15, 0.2) is 0 Å². The van der Waals surface area contributed by atoms with Gasteiger partial charge in [0.2, 0.25) is 0 Å². The van der Waals surface area contributed by atoms with Crippen molar-refractivity contribution in [3.8, 4) is 0 Å². The van der Waals surface area contributed by atoms with Crippen molar-refractivity contribution in [2.45, 2.75) is 99.9 Å². The van der Waals surface area contributed by atoms with Crippen molar-refractivity contribution in [3.05, 3.63) is 0 Å². The van der Waals surface area contributed by atoms with Gasteiger partial charge in [-0.15, -0.1) is 0 Å². The molecule has 2 fully saturated rings. The fourth-order valence-corrected chi connectivity index (χ4v) is 7.81. The minimum Gasteiger partial charge on any atom is -0.247 e. The first-order valence-corrected chi connectivity index (χ1v) is 10.3. The molecule has 4 heteroatoms. The third-order valence-electron chi connectivity index (χ3n) is 5.17. The van der Waals surface area contributed by atoms with Crippen molar-refractivity contribution in [1.82, 2.24) is 0 Å². The molecule has 2 rings (SSSR count). The van der Waals surface area contributed by atoms with Crippen molar-refractivity contribution < 1.29 is 8.78 Å². The first-order chi connectivity index (χ1) is 9.53. The summed E-state index contributed by atoms with van der Waals surface area (Å²) >= 11 is 0. The Kier molecular flexibility index (Phi) is 6.10. The summed E-state index contributed by atoms with van der Waals surface area (Å²) in [5.74, 6) is 0. The van der Waals surface area contributed by atoms with E-state index in [-0.39, 0.29) is 9.49 Å². The standard InChI is InChI=1S/C16H28F2S2/c1-3-15(9-5-7-13(17)11-15)19-20-16(4-2)10-6-8-14(18)12-16/h13-14H,3-12H2,1-2H3. The number of hydrogen-bond acceptors (Lipinski definition) is 2. The van der Waals surface area contributed by atoms with Crippen LogP contribution in [0.3, 0.4) is 0 Å². The van der Waals surface area contributed by atoms with Crippen LogP contribution in [0, 0.1) is 0 Å². The SMILES string of the molecule is CCC1(SSC2(CC)CCCC(F)C2)CCCC(F)C1. The molecule has 0 aromatic heterocycles. The average molecular weight is 323 g/mol. The van der Waals surface area contributed by atoms with E-state index in [1.54, 1.807) is 0 Å². The number of hydrogen-bond donors (Lipinski definition) is 0. The van der Waals surface area contributed by atoms with Crippen LogP contribution in [0.4, 0.5) is 8.78 Å². The van der Waals surface area contributed by atoms with Gasteiger partial charge in [-0.1, -0.05) is 35.4 Å². The summed E-state index contributed by atoms with van der Waals surface area (Å²) in [5, 5.41) is 0. The maximum atomic E-state index is 13.8. The fourth-order valence-electron chi connectivity index (χ4n) is 3.60. The molecule has 0 bridgehead atoms. The van der Waals surface area contributed by atoms with Crippen LogP contribution >= 0.6 is 21.6 Å². The lowest BCUT2D eigenvalue weighted by atomic mass is 9.85. The van der Waals surface area contributed by atoms with Crippen LogP contribution < -0.4 is 0 Å². The van der Waals surface area contributed by atoms with Gasteiger partial charge in [0.05, 0.1) is 0 Å². The second-order valence-electron chi connectivity index (χ2n) is 6.63. The maximum absolute atomic E-state index is 13.8. The molecule has 0 N–H and O–H groups in total.